The van der Waals surface area contributed by atoms with Crippen LogP contribution in [-0.4, -0.2) is 45.9 Å². The summed E-state index contributed by atoms with van der Waals surface area (Å²) in [6, 6.07) is 0. The Morgan fingerprint density at radius 3 is 2.90 bits per heavy atom. The van der Waals surface area contributed by atoms with Gasteiger partial charge in [-0.05, 0) is 13.3 Å². The summed E-state index contributed by atoms with van der Waals surface area (Å²) in [6.45, 7) is 3.79. The molecular weight excluding hydrogens is 146 g/mol. The molecule has 1 aliphatic rings. The van der Waals surface area contributed by atoms with E-state index in [1.165, 1.54) is 0 Å². The maximum atomic E-state index is 9.16. The van der Waals surface area contributed by atoms with Crippen molar-refractivity contribution in [1.82, 2.24) is 4.90 Å². The summed E-state index contributed by atoms with van der Waals surface area (Å²) in [7, 11) is 0.778. The first kappa shape index (κ1) is 8.20. The molecule has 3 nitrogen and oxygen atoms in total. The molecule has 1 aliphatic heterocycles. The zero-order valence-electron chi connectivity index (χ0n) is 6.58. The SMILES string of the molecule is CC(O[SiH3])N1CCC(O)C1. The molecule has 10 heavy (non-hydrogen) atoms. The Hall–Kier alpha value is 0.0969. The van der Waals surface area contributed by atoms with E-state index in [2.05, 4.69) is 4.90 Å². The van der Waals surface area contributed by atoms with Crippen molar-refractivity contribution >= 4 is 10.5 Å². The van der Waals surface area contributed by atoms with Gasteiger partial charge in [-0.3, -0.25) is 4.90 Å². The zero-order chi connectivity index (χ0) is 7.56. The van der Waals surface area contributed by atoms with Gasteiger partial charge >= 0.3 is 0 Å². The molecule has 0 spiro atoms. The summed E-state index contributed by atoms with van der Waals surface area (Å²) in [6.07, 6.45) is 0.984. The minimum Gasteiger partial charge on any atom is -0.413 e. The lowest BCUT2D eigenvalue weighted by molar-refractivity contribution is 0.0545. The van der Waals surface area contributed by atoms with Crippen molar-refractivity contribution in [2.24, 2.45) is 0 Å². The van der Waals surface area contributed by atoms with Gasteiger partial charge in [-0.1, -0.05) is 0 Å². The highest BCUT2D eigenvalue weighted by Crippen LogP contribution is 2.11. The van der Waals surface area contributed by atoms with Crippen LogP contribution < -0.4 is 0 Å². The van der Waals surface area contributed by atoms with Gasteiger partial charge in [-0.2, -0.15) is 0 Å². The highest BCUT2D eigenvalue weighted by Gasteiger charge is 2.23. The van der Waals surface area contributed by atoms with E-state index < -0.39 is 0 Å². The van der Waals surface area contributed by atoms with Crippen LogP contribution in [0.1, 0.15) is 13.3 Å². The Kier molecular flexibility index (Phi) is 2.85. The summed E-state index contributed by atoms with van der Waals surface area (Å²) in [5, 5.41) is 9.16. The average Bonchev–Trinajstić information content (AvgIpc) is 2.34. The molecule has 0 aromatic rings. The van der Waals surface area contributed by atoms with Gasteiger partial charge in [0.25, 0.3) is 0 Å². The molecule has 1 heterocycles. The van der Waals surface area contributed by atoms with E-state index in [0.717, 1.165) is 30.0 Å². The Balaban J connectivity index is 2.29. The molecule has 60 valence electrons. The van der Waals surface area contributed by atoms with Gasteiger partial charge in [0.1, 0.15) is 10.5 Å². The van der Waals surface area contributed by atoms with Crippen LogP contribution in [0.25, 0.3) is 0 Å². The van der Waals surface area contributed by atoms with Crippen LogP contribution in [0.5, 0.6) is 0 Å². The van der Waals surface area contributed by atoms with Crippen molar-refractivity contribution in [2.45, 2.75) is 25.7 Å². The van der Waals surface area contributed by atoms with E-state index in [1.807, 2.05) is 6.92 Å². The third-order valence-electron chi connectivity index (χ3n) is 2.05. The second kappa shape index (κ2) is 3.48. The van der Waals surface area contributed by atoms with Crippen LogP contribution >= 0.6 is 0 Å². The molecule has 4 heteroatoms. The van der Waals surface area contributed by atoms with Gasteiger partial charge in [0.05, 0.1) is 12.3 Å². The maximum Gasteiger partial charge on any atom is 0.148 e. The van der Waals surface area contributed by atoms with Crippen molar-refractivity contribution in [3.63, 3.8) is 0 Å². The topological polar surface area (TPSA) is 32.7 Å². The van der Waals surface area contributed by atoms with Crippen LogP contribution in [0.4, 0.5) is 0 Å². The molecular formula is C6H15NO2Si. The third-order valence-corrected chi connectivity index (χ3v) is 2.73. The first-order valence-corrected chi connectivity index (χ1v) is 4.50. The van der Waals surface area contributed by atoms with Gasteiger partial charge in [0, 0.05) is 13.1 Å². The molecule has 0 radical (unpaired) electrons. The molecule has 0 aromatic carbocycles. The minimum absolute atomic E-state index is 0.126. The normalized spacial score (nSPS) is 31.2. The van der Waals surface area contributed by atoms with E-state index in [-0.39, 0.29) is 12.3 Å². The maximum absolute atomic E-state index is 9.16. The number of likely N-dealkylation sites (tertiary alicyclic amines) is 1. The molecule has 1 N–H and O–H groups in total. The van der Waals surface area contributed by atoms with E-state index in [0.29, 0.717) is 0 Å². The summed E-state index contributed by atoms with van der Waals surface area (Å²) in [5.41, 5.74) is 0. The fourth-order valence-corrected chi connectivity index (χ4v) is 1.55. The molecule has 1 rings (SSSR count). The Morgan fingerprint density at radius 2 is 2.50 bits per heavy atom. The Bertz CT molecular complexity index is 112. The van der Waals surface area contributed by atoms with Crippen molar-refractivity contribution in [3.8, 4) is 0 Å². The molecule has 0 aliphatic carbocycles. The first-order chi connectivity index (χ1) is 4.74. The molecule has 1 saturated heterocycles. The lowest BCUT2D eigenvalue weighted by atomic mass is 10.3. The Morgan fingerprint density at radius 1 is 1.80 bits per heavy atom. The number of aliphatic hydroxyl groups is 1. The number of rotatable bonds is 2. The molecule has 2 unspecified atom stereocenters. The number of β-amino-alcohol motifs (C(OH)–C–C–N with tert-alkyl or cyclic N) is 1. The highest BCUT2D eigenvalue weighted by atomic mass is 28.2. The van der Waals surface area contributed by atoms with Crippen LogP contribution in [0.3, 0.4) is 0 Å². The first-order valence-electron chi connectivity index (χ1n) is 3.69. The fraction of sp³-hybridized carbons (Fsp3) is 1.00. The van der Waals surface area contributed by atoms with Crippen molar-refractivity contribution < 1.29 is 9.53 Å². The monoisotopic (exact) mass is 161 g/mol. The quantitative estimate of drug-likeness (QED) is 0.511. The van der Waals surface area contributed by atoms with Crippen LogP contribution in [0.2, 0.25) is 0 Å². The number of hydrogen-bond donors (Lipinski definition) is 1. The summed E-state index contributed by atoms with van der Waals surface area (Å²) in [4.78, 5) is 2.16. The molecule has 1 fully saturated rings. The van der Waals surface area contributed by atoms with Crippen LogP contribution in [0, 0.1) is 0 Å². The Labute approximate surface area is 64.5 Å². The van der Waals surface area contributed by atoms with E-state index in [9.17, 15) is 0 Å². The summed E-state index contributed by atoms with van der Waals surface area (Å²) in [5.74, 6) is 0. The molecule has 0 amide bonds. The summed E-state index contributed by atoms with van der Waals surface area (Å²) >= 11 is 0. The highest BCUT2D eigenvalue weighted by molar-refractivity contribution is 5.98. The number of aliphatic hydroxyl groups excluding tert-OH is 1. The summed E-state index contributed by atoms with van der Waals surface area (Å²) < 4.78 is 5.24. The average molecular weight is 161 g/mol. The second-order valence-electron chi connectivity index (χ2n) is 2.77. The van der Waals surface area contributed by atoms with Gasteiger partial charge in [0.2, 0.25) is 0 Å². The number of nitrogens with zero attached hydrogens (tertiary/aromatic N) is 1. The predicted molar refractivity (Wildman–Crippen MR) is 42.7 cm³/mol. The van der Waals surface area contributed by atoms with Crippen LogP contribution in [0.15, 0.2) is 0 Å². The van der Waals surface area contributed by atoms with E-state index in [1.54, 1.807) is 0 Å². The lowest BCUT2D eigenvalue weighted by Crippen LogP contribution is -2.33. The van der Waals surface area contributed by atoms with Gasteiger partial charge in [-0.15, -0.1) is 0 Å². The van der Waals surface area contributed by atoms with Gasteiger partial charge in [-0.25, -0.2) is 0 Å². The third kappa shape index (κ3) is 1.79. The largest absolute Gasteiger partial charge is 0.413 e. The lowest BCUT2D eigenvalue weighted by Gasteiger charge is -2.22. The second-order valence-corrected chi connectivity index (χ2v) is 3.24. The van der Waals surface area contributed by atoms with E-state index >= 15 is 0 Å². The fourth-order valence-electron chi connectivity index (χ4n) is 1.25. The van der Waals surface area contributed by atoms with Crippen molar-refractivity contribution in [1.29, 1.82) is 0 Å². The minimum atomic E-state index is -0.126. The van der Waals surface area contributed by atoms with Gasteiger partial charge < -0.3 is 9.53 Å². The smallest absolute Gasteiger partial charge is 0.148 e. The predicted octanol–water partition coefficient (Wildman–Crippen LogP) is -1.30. The van der Waals surface area contributed by atoms with Crippen molar-refractivity contribution in [3.05, 3.63) is 0 Å². The van der Waals surface area contributed by atoms with E-state index in [4.69, 9.17) is 9.53 Å². The standard InChI is InChI=1S/C6H15NO2Si/c1-5(9-10)7-3-2-6(8)4-7/h5-6,8H,2-4H2,1,10H3. The van der Waals surface area contributed by atoms with Crippen molar-refractivity contribution in [2.75, 3.05) is 13.1 Å². The number of hydrogen-bond acceptors (Lipinski definition) is 3. The molecule has 0 bridgehead atoms. The van der Waals surface area contributed by atoms with Gasteiger partial charge in [0.15, 0.2) is 0 Å². The molecule has 0 aromatic heterocycles. The van der Waals surface area contributed by atoms with Crippen LogP contribution in [-0.2, 0) is 4.43 Å². The molecule has 0 saturated carbocycles. The molecule has 2 atom stereocenters. The zero-order valence-corrected chi connectivity index (χ0v) is 8.58.